The summed E-state index contributed by atoms with van der Waals surface area (Å²) in [5, 5.41) is 0. The minimum atomic E-state index is -0.365. The maximum absolute atomic E-state index is 11.7. The number of oxazole rings is 1. The fourth-order valence-electron chi connectivity index (χ4n) is 4.83. The average molecular weight is 497 g/mol. The van der Waals surface area contributed by atoms with Crippen LogP contribution in [0, 0.1) is 0 Å². The molecule has 0 radical (unpaired) electrons. The van der Waals surface area contributed by atoms with Gasteiger partial charge in [-0.15, -0.1) is 0 Å². The first-order valence-electron chi connectivity index (χ1n) is 12.9. The lowest BCUT2D eigenvalue weighted by Gasteiger charge is -2.33. The fourth-order valence-corrected chi connectivity index (χ4v) is 4.83. The van der Waals surface area contributed by atoms with E-state index in [0.29, 0.717) is 12.4 Å². The molecule has 1 aliphatic heterocycles. The highest BCUT2D eigenvalue weighted by molar-refractivity contribution is 5.76. The molecule has 0 bridgehead atoms. The van der Waals surface area contributed by atoms with Crippen LogP contribution in [0.25, 0.3) is 22.6 Å². The lowest BCUT2D eigenvalue weighted by molar-refractivity contribution is -0.145. The van der Waals surface area contributed by atoms with Crippen molar-refractivity contribution in [3.8, 4) is 28.3 Å². The third kappa shape index (κ3) is 6.09. The molecule has 2 heterocycles. The van der Waals surface area contributed by atoms with Crippen LogP contribution in [-0.2, 0) is 16.1 Å². The van der Waals surface area contributed by atoms with Crippen molar-refractivity contribution in [3.05, 3.63) is 96.4 Å². The molecule has 0 spiro atoms. The Morgan fingerprint density at radius 3 is 2.49 bits per heavy atom. The van der Waals surface area contributed by atoms with Crippen molar-refractivity contribution in [3.63, 3.8) is 0 Å². The van der Waals surface area contributed by atoms with Crippen molar-refractivity contribution in [1.29, 1.82) is 0 Å². The molecule has 1 unspecified atom stereocenters. The topological polar surface area (TPSA) is 64.8 Å². The van der Waals surface area contributed by atoms with Crippen LogP contribution in [0.3, 0.4) is 0 Å². The number of likely N-dealkylation sites (tertiary alicyclic amines) is 1. The largest absolute Gasteiger partial charge is 0.482 e. The van der Waals surface area contributed by atoms with E-state index in [1.807, 2.05) is 54.6 Å². The van der Waals surface area contributed by atoms with E-state index in [2.05, 4.69) is 35.2 Å². The van der Waals surface area contributed by atoms with Crippen molar-refractivity contribution in [1.82, 2.24) is 9.88 Å². The van der Waals surface area contributed by atoms with E-state index in [1.165, 1.54) is 0 Å². The number of benzene rings is 3. The number of esters is 1. The van der Waals surface area contributed by atoms with Crippen LogP contribution in [-0.4, -0.2) is 35.6 Å². The second kappa shape index (κ2) is 11.9. The zero-order valence-electron chi connectivity index (χ0n) is 21.1. The van der Waals surface area contributed by atoms with Crippen molar-refractivity contribution >= 4 is 5.97 Å². The summed E-state index contributed by atoms with van der Waals surface area (Å²) in [6, 6.07) is 28.4. The van der Waals surface area contributed by atoms with Crippen LogP contribution < -0.4 is 4.74 Å². The first kappa shape index (κ1) is 24.8. The summed E-state index contributed by atoms with van der Waals surface area (Å²) >= 11 is 0. The van der Waals surface area contributed by atoms with Gasteiger partial charge in [-0.3, -0.25) is 4.90 Å². The van der Waals surface area contributed by atoms with Gasteiger partial charge in [0, 0.05) is 17.7 Å². The van der Waals surface area contributed by atoms with Crippen LogP contribution in [0.15, 0.2) is 89.3 Å². The summed E-state index contributed by atoms with van der Waals surface area (Å²) < 4.78 is 17.2. The normalized spacial score (nSPS) is 15.9. The number of hydrogen-bond donors (Lipinski definition) is 0. The molecule has 37 heavy (non-hydrogen) atoms. The number of rotatable bonds is 9. The molecule has 0 saturated carbocycles. The smallest absolute Gasteiger partial charge is 0.344 e. The molecule has 190 valence electrons. The molecule has 0 aliphatic carbocycles. The van der Waals surface area contributed by atoms with Gasteiger partial charge in [0.15, 0.2) is 12.4 Å². The number of carbonyl (C=O) groups is 1. The molecule has 1 aromatic heterocycles. The van der Waals surface area contributed by atoms with Crippen LogP contribution in [0.5, 0.6) is 5.75 Å². The predicted molar refractivity (Wildman–Crippen MR) is 143 cm³/mol. The van der Waals surface area contributed by atoms with Gasteiger partial charge >= 0.3 is 5.97 Å². The molecular formula is C31H32N2O4. The number of hydrogen-bond acceptors (Lipinski definition) is 6. The Bertz CT molecular complexity index is 1250. The van der Waals surface area contributed by atoms with Gasteiger partial charge in [0.05, 0.1) is 12.6 Å². The molecule has 6 heteroatoms. The predicted octanol–water partition coefficient (Wildman–Crippen LogP) is 6.68. The molecule has 4 aromatic rings. The Morgan fingerprint density at radius 2 is 1.73 bits per heavy atom. The lowest BCUT2D eigenvalue weighted by atomic mass is 10.0. The van der Waals surface area contributed by atoms with Gasteiger partial charge < -0.3 is 13.9 Å². The third-order valence-electron chi connectivity index (χ3n) is 6.57. The van der Waals surface area contributed by atoms with E-state index >= 15 is 0 Å². The molecule has 1 fully saturated rings. The maximum atomic E-state index is 11.7. The first-order valence-corrected chi connectivity index (χ1v) is 12.9. The molecule has 6 nitrogen and oxygen atoms in total. The van der Waals surface area contributed by atoms with Crippen molar-refractivity contribution in [2.45, 2.75) is 38.8 Å². The average Bonchev–Trinajstić information content (AvgIpc) is 3.39. The molecule has 0 amide bonds. The highest BCUT2D eigenvalue weighted by Crippen LogP contribution is 2.38. The summed E-state index contributed by atoms with van der Waals surface area (Å²) in [6.45, 7) is 3.74. The molecule has 1 saturated heterocycles. The summed E-state index contributed by atoms with van der Waals surface area (Å²) in [4.78, 5) is 19.2. The van der Waals surface area contributed by atoms with Gasteiger partial charge in [-0.05, 0) is 44.0 Å². The summed E-state index contributed by atoms with van der Waals surface area (Å²) in [5.41, 5.74) is 4.06. The summed E-state index contributed by atoms with van der Waals surface area (Å²) in [5.74, 6) is 1.86. The standard InChI is InChI=1S/C31H32N2O4/c1-2-35-28(34)22-36-26-17-11-12-23(20-26)21-33-19-10-9-18-27(33)31-32-29(24-13-5-3-6-14-24)30(37-31)25-15-7-4-8-16-25/h3-8,11-17,20,27H,2,9-10,18-19,21-22H2,1H3. The molecule has 1 aliphatic rings. The Hall–Kier alpha value is -3.90. The second-order valence-corrected chi connectivity index (χ2v) is 9.19. The number of piperidine rings is 1. The van der Waals surface area contributed by atoms with Crippen LogP contribution in [0.4, 0.5) is 0 Å². The van der Waals surface area contributed by atoms with Crippen LogP contribution in [0.1, 0.15) is 43.7 Å². The highest BCUT2D eigenvalue weighted by atomic mass is 16.6. The van der Waals surface area contributed by atoms with Gasteiger partial charge in [0.1, 0.15) is 11.4 Å². The molecular weight excluding hydrogens is 464 g/mol. The monoisotopic (exact) mass is 496 g/mol. The second-order valence-electron chi connectivity index (χ2n) is 9.19. The molecule has 0 N–H and O–H groups in total. The lowest BCUT2D eigenvalue weighted by Crippen LogP contribution is -2.33. The Kier molecular flexibility index (Phi) is 7.96. The summed E-state index contributed by atoms with van der Waals surface area (Å²) in [6.07, 6.45) is 3.25. The van der Waals surface area contributed by atoms with Gasteiger partial charge in [0.2, 0.25) is 5.89 Å². The van der Waals surface area contributed by atoms with Gasteiger partial charge in [-0.25, -0.2) is 9.78 Å². The van der Waals surface area contributed by atoms with E-state index in [1.54, 1.807) is 6.92 Å². The SMILES string of the molecule is CCOC(=O)COc1cccc(CN2CCCCC2c2nc(-c3ccccc3)c(-c3ccccc3)o2)c1. The van der Waals surface area contributed by atoms with Crippen LogP contribution in [0.2, 0.25) is 0 Å². The highest BCUT2D eigenvalue weighted by Gasteiger charge is 2.30. The zero-order valence-corrected chi connectivity index (χ0v) is 21.1. The minimum absolute atomic E-state index is 0.0813. The molecule has 5 rings (SSSR count). The zero-order chi connectivity index (χ0) is 25.5. The van der Waals surface area contributed by atoms with Gasteiger partial charge in [0.25, 0.3) is 0 Å². The van der Waals surface area contributed by atoms with Gasteiger partial charge in [-0.1, -0.05) is 79.2 Å². The number of carbonyl (C=O) groups excluding carboxylic acids is 1. The van der Waals surface area contributed by atoms with Crippen molar-refractivity contribution in [2.24, 2.45) is 0 Å². The minimum Gasteiger partial charge on any atom is -0.482 e. The Labute approximate surface area is 217 Å². The van der Waals surface area contributed by atoms with E-state index < -0.39 is 0 Å². The number of nitrogens with zero attached hydrogens (tertiary/aromatic N) is 2. The Balaban J connectivity index is 1.40. The van der Waals surface area contributed by atoms with Crippen LogP contribution >= 0.6 is 0 Å². The van der Waals surface area contributed by atoms with E-state index in [9.17, 15) is 4.79 Å². The third-order valence-corrected chi connectivity index (χ3v) is 6.57. The molecule has 3 aromatic carbocycles. The van der Waals surface area contributed by atoms with Gasteiger partial charge in [-0.2, -0.15) is 0 Å². The van der Waals surface area contributed by atoms with Crippen molar-refractivity contribution in [2.75, 3.05) is 19.8 Å². The summed E-state index contributed by atoms with van der Waals surface area (Å²) in [7, 11) is 0. The Morgan fingerprint density at radius 1 is 0.973 bits per heavy atom. The fraction of sp³-hybridized carbons (Fsp3) is 0.290. The quantitative estimate of drug-likeness (QED) is 0.241. The van der Waals surface area contributed by atoms with E-state index in [0.717, 1.165) is 66.4 Å². The van der Waals surface area contributed by atoms with Crippen molar-refractivity contribution < 1.29 is 18.7 Å². The maximum Gasteiger partial charge on any atom is 0.344 e. The number of aromatic nitrogens is 1. The molecule has 1 atom stereocenters. The number of ether oxygens (including phenoxy) is 2. The first-order chi connectivity index (χ1) is 18.2. The van der Waals surface area contributed by atoms with E-state index in [4.69, 9.17) is 18.9 Å². The van der Waals surface area contributed by atoms with E-state index in [-0.39, 0.29) is 18.6 Å².